The van der Waals surface area contributed by atoms with Gasteiger partial charge in [0.2, 0.25) is 21.8 Å². The van der Waals surface area contributed by atoms with E-state index in [0.717, 1.165) is 32.6 Å². The zero-order valence-corrected chi connectivity index (χ0v) is 24.7. The van der Waals surface area contributed by atoms with Crippen molar-refractivity contribution in [3.8, 4) is 5.75 Å². The number of rotatable bonds is 13. The Morgan fingerprint density at radius 2 is 1.64 bits per heavy atom. The molecule has 0 bridgehead atoms. The largest absolute Gasteiger partial charge is 0.495 e. The van der Waals surface area contributed by atoms with E-state index in [1.807, 2.05) is 61.5 Å². The summed E-state index contributed by atoms with van der Waals surface area (Å²) in [6, 6.07) is 22.7. The standard InChI is InChI=1S/C29H34BrN3O5S/c1-4-17-31-29(35)26(19-22-11-6-5-7-12-22)32(20-23-13-10-14-24(30)18-23)28(34)21-33(39(3,36)37)25-15-8-9-16-27(25)38-2/h5-16,18,26H,4,17,19-21H2,1-3H3,(H,31,35)/t26-/m0/s1. The lowest BCUT2D eigenvalue weighted by Crippen LogP contribution is -2.53. The van der Waals surface area contributed by atoms with Crippen LogP contribution in [0.15, 0.2) is 83.3 Å². The lowest BCUT2D eigenvalue weighted by molar-refractivity contribution is -0.140. The smallest absolute Gasteiger partial charge is 0.244 e. The van der Waals surface area contributed by atoms with E-state index in [4.69, 9.17) is 4.74 Å². The molecule has 0 spiro atoms. The maximum Gasteiger partial charge on any atom is 0.244 e. The number of anilines is 1. The molecular weight excluding hydrogens is 582 g/mol. The normalized spacial score (nSPS) is 11.9. The van der Waals surface area contributed by atoms with E-state index in [0.29, 0.717) is 12.3 Å². The summed E-state index contributed by atoms with van der Waals surface area (Å²) in [6.45, 7) is 2.02. The van der Waals surface area contributed by atoms with Crippen LogP contribution < -0.4 is 14.4 Å². The molecule has 1 N–H and O–H groups in total. The average molecular weight is 617 g/mol. The molecule has 3 aromatic carbocycles. The Kier molecular flexibility index (Phi) is 10.9. The van der Waals surface area contributed by atoms with Crippen molar-refractivity contribution in [1.29, 1.82) is 0 Å². The topological polar surface area (TPSA) is 96.0 Å². The number of methoxy groups -OCH3 is 1. The maximum atomic E-state index is 14.1. The van der Waals surface area contributed by atoms with Gasteiger partial charge in [0.1, 0.15) is 18.3 Å². The number of benzene rings is 3. The van der Waals surface area contributed by atoms with Gasteiger partial charge in [0, 0.05) is 24.0 Å². The highest BCUT2D eigenvalue weighted by molar-refractivity contribution is 9.10. The summed E-state index contributed by atoms with van der Waals surface area (Å²) in [6.07, 6.45) is 2.05. The van der Waals surface area contributed by atoms with Crippen molar-refractivity contribution in [1.82, 2.24) is 10.2 Å². The second-order valence-corrected chi connectivity index (χ2v) is 11.9. The zero-order valence-electron chi connectivity index (χ0n) is 22.3. The molecule has 0 radical (unpaired) electrons. The van der Waals surface area contributed by atoms with Crippen molar-refractivity contribution < 1.29 is 22.7 Å². The minimum atomic E-state index is -3.88. The van der Waals surface area contributed by atoms with Crippen molar-refractivity contribution in [3.63, 3.8) is 0 Å². The maximum absolute atomic E-state index is 14.1. The van der Waals surface area contributed by atoms with Crippen molar-refractivity contribution in [2.75, 3.05) is 30.8 Å². The highest BCUT2D eigenvalue weighted by Crippen LogP contribution is 2.30. The third-order valence-electron chi connectivity index (χ3n) is 6.10. The first-order valence-electron chi connectivity index (χ1n) is 12.6. The van der Waals surface area contributed by atoms with Crippen LogP contribution in [0.25, 0.3) is 0 Å². The Balaban J connectivity index is 2.06. The van der Waals surface area contributed by atoms with E-state index in [1.54, 1.807) is 24.3 Å². The van der Waals surface area contributed by atoms with Gasteiger partial charge < -0.3 is 15.0 Å². The molecule has 3 rings (SSSR count). The highest BCUT2D eigenvalue weighted by Gasteiger charge is 2.33. The summed E-state index contributed by atoms with van der Waals surface area (Å²) < 4.78 is 33.1. The molecule has 10 heteroatoms. The summed E-state index contributed by atoms with van der Waals surface area (Å²) in [5, 5.41) is 2.92. The van der Waals surface area contributed by atoms with Gasteiger partial charge in [0.05, 0.1) is 19.1 Å². The van der Waals surface area contributed by atoms with Gasteiger partial charge in [-0.25, -0.2) is 8.42 Å². The predicted octanol–water partition coefficient (Wildman–Crippen LogP) is 4.39. The monoisotopic (exact) mass is 615 g/mol. The summed E-state index contributed by atoms with van der Waals surface area (Å²) in [5.74, 6) is -0.498. The molecule has 0 heterocycles. The van der Waals surface area contributed by atoms with Gasteiger partial charge in [-0.3, -0.25) is 13.9 Å². The number of hydrogen-bond acceptors (Lipinski definition) is 5. The molecule has 208 valence electrons. The van der Waals surface area contributed by atoms with Crippen LogP contribution >= 0.6 is 15.9 Å². The number of nitrogens with one attached hydrogen (secondary N) is 1. The number of nitrogens with zero attached hydrogens (tertiary/aromatic N) is 2. The predicted molar refractivity (Wildman–Crippen MR) is 157 cm³/mol. The number of carbonyl (C=O) groups is 2. The fraction of sp³-hybridized carbons (Fsp3) is 0.310. The molecule has 0 aliphatic heterocycles. The van der Waals surface area contributed by atoms with Crippen LogP contribution in [0.1, 0.15) is 24.5 Å². The van der Waals surface area contributed by atoms with Crippen LogP contribution in [-0.2, 0) is 32.6 Å². The first kappa shape index (κ1) is 30.2. The van der Waals surface area contributed by atoms with Crippen LogP contribution in [0, 0.1) is 0 Å². The highest BCUT2D eigenvalue weighted by atomic mass is 79.9. The lowest BCUT2D eigenvalue weighted by Gasteiger charge is -2.33. The summed E-state index contributed by atoms with van der Waals surface area (Å²) in [5.41, 5.74) is 1.92. The van der Waals surface area contributed by atoms with Crippen molar-refractivity contribution in [3.05, 3.63) is 94.5 Å². The van der Waals surface area contributed by atoms with E-state index < -0.39 is 28.5 Å². The second-order valence-electron chi connectivity index (χ2n) is 9.09. The average Bonchev–Trinajstić information content (AvgIpc) is 2.92. The third-order valence-corrected chi connectivity index (χ3v) is 7.72. The van der Waals surface area contributed by atoms with Crippen LogP contribution in [0.2, 0.25) is 0 Å². The fourth-order valence-electron chi connectivity index (χ4n) is 4.18. The lowest BCUT2D eigenvalue weighted by atomic mass is 10.0. The van der Waals surface area contributed by atoms with Gasteiger partial charge >= 0.3 is 0 Å². The molecule has 0 saturated heterocycles. The number of halogens is 1. The van der Waals surface area contributed by atoms with Gasteiger partial charge in [0.25, 0.3) is 0 Å². The van der Waals surface area contributed by atoms with Gasteiger partial charge in [-0.15, -0.1) is 0 Å². The molecule has 3 aromatic rings. The fourth-order valence-corrected chi connectivity index (χ4v) is 5.48. The summed E-state index contributed by atoms with van der Waals surface area (Å²) in [7, 11) is -2.44. The van der Waals surface area contributed by atoms with Gasteiger partial charge in [-0.05, 0) is 41.8 Å². The number of sulfonamides is 1. The molecule has 0 aliphatic carbocycles. The van der Waals surface area contributed by atoms with Crippen LogP contribution in [0.4, 0.5) is 5.69 Å². The van der Waals surface area contributed by atoms with E-state index >= 15 is 0 Å². The molecule has 0 aliphatic rings. The van der Waals surface area contributed by atoms with Crippen molar-refractivity contribution in [2.45, 2.75) is 32.4 Å². The Bertz CT molecular complexity index is 1370. The number of hydrogen-bond donors (Lipinski definition) is 1. The Morgan fingerprint density at radius 3 is 2.28 bits per heavy atom. The first-order chi connectivity index (χ1) is 18.6. The Morgan fingerprint density at radius 1 is 0.974 bits per heavy atom. The SMILES string of the molecule is CCCNC(=O)[C@H](Cc1ccccc1)N(Cc1cccc(Br)c1)C(=O)CN(c1ccccc1OC)S(C)(=O)=O. The van der Waals surface area contributed by atoms with Crippen LogP contribution in [-0.4, -0.2) is 57.6 Å². The molecule has 39 heavy (non-hydrogen) atoms. The second kappa shape index (κ2) is 14.1. The van der Waals surface area contributed by atoms with Crippen molar-refractivity contribution in [2.24, 2.45) is 0 Å². The Labute approximate surface area is 239 Å². The number of para-hydroxylation sites is 2. The first-order valence-corrected chi connectivity index (χ1v) is 15.2. The molecular formula is C29H34BrN3O5S. The van der Waals surface area contributed by atoms with E-state index in [9.17, 15) is 18.0 Å². The number of carbonyl (C=O) groups excluding carboxylic acids is 2. The minimum Gasteiger partial charge on any atom is -0.495 e. The third kappa shape index (κ3) is 8.56. The summed E-state index contributed by atoms with van der Waals surface area (Å²) >= 11 is 3.47. The van der Waals surface area contributed by atoms with Gasteiger partial charge in [-0.2, -0.15) is 0 Å². The molecule has 0 fully saturated rings. The molecule has 0 saturated carbocycles. The molecule has 2 amide bonds. The van der Waals surface area contributed by atoms with E-state index in [1.165, 1.54) is 12.0 Å². The molecule has 0 aromatic heterocycles. The Hall–Kier alpha value is -3.37. The number of amides is 2. The van der Waals surface area contributed by atoms with Gasteiger partial charge in [0.15, 0.2) is 0 Å². The van der Waals surface area contributed by atoms with E-state index in [2.05, 4.69) is 21.2 Å². The summed E-state index contributed by atoms with van der Waals surface area (Å²) in [4.78, 5) is 29.0. The minimum absolute atomic E-state index is 0.110. The van der Waals surface area contributed by atoms with Crippen molar-refractivity contribution >= 4 is 43.5 Å². The quantitative estimate of drug-likeness (QED) is 0.308. The zero-order chi connectivity index (χ0) is 28.4. The van der Waals surface area contributed by atoms with Crippen LogP contribution in [0.3, 0.4) is 0 Å². The molecule has 8 nitrogen and oxygen atoms in total. The number of ether oxygens (including phenoxy) is 1. The molecule has 1 atom stereocenters. The van der Waals surface area contributed by atoms with Gasteiger partial charge in [-0.1, -0.05) is 77.5 Å². The van der Waals surface area contributed by atoms with E-state index in [-0.39, 0.29) is 24.6 Å². The molecule has 0 unspecified atom stereocenters. The van der Waals surface area contributed by atoms with Crippen LogP contribution in [0.5, 0.6) is 5.75 Å².